The van der Waals surface area contributed by atoms with Crippen LogP contribution in [0.15, 0.2) is 18.2 Å². The summed E-state index contributed by atoms with van der Waals surface area (Å²) in [5.41, 5.74) is -1.41. The SMILES string of the molecule is O=[N+]([O-])c1cc(C(F)(F)F)ccc1NCC1CCSC1. The minimum absolute atomic E-state index is 0.139. The zero-order valence-corrected chi connectivity index (χ0v) is 11.3. The Hall–Kier alpha value is -1.44. The van der Waals surface area contributed by atoms with E-state index in [1.54, 1.807) is 0 Å². The fraction of sp³-hybridized carbons (Fsp3) is 0.500. The first-order chi connectivity index (χ1) is 9.38. The van der Waals surface area contributed by atoms with E-state index in [1.165, 1.54) is 0 Å². The van der Waals surface area contributed by atoms with Gasteiger partial charge < -0.3 is 5.32 Å². The molecule has 0 saturated carbocycles. The van der Waals surface area contributed by atoms with Crippen molar-refractivity contribution >= 4 is 23.1 Å². The third-order valence-corrected chi connectivity index (χ3v) is 4.36. The number of benzene rings is 1. The second-order valence-electron chi connectivity index (χ2n) is 4.60. The molecule has 1 heterocycles. The predicted octanol–water partition coefficient (Wildman–Crippen LogP) is 3.78. The molecule has 0 spiro atoms. The maximum atomic E-state index is 12.5. The number of halogens is 3. The van der Waals surface area contributed by atoms with E-state index in [1.807, 2.05) is 11.8 Å². The molecule has 0 bridgehead atoms. The van der Waals surface area contributed by atoms with E-state index in [-0.39, 0.29) is 5.69 Å². The Labute approximate surface area is 117 Å². The summed E-state index contributed by atoms with van der Waals surface area (Å²) in [5.74, 6) is 2.44. The largest absolute Gasteiger partial charge is 0.416 e. The first-order valence-electron chi connectivity index (χ1n) is 6.05. The highest BCUT2D eigenvalue weighted by Crippen LogP contribution is 2.35. The van der Waals surface area contributed by atoms with Crippen LogP contribution >= 0.6 is 11.8 Å². The molecule has 4 nitrogen and oxygen atoms in total. The maximum absolute atomic E-state index is 12.5. The lowest BCUT2D eigenvalue weighted by atomic mass is 10.1. The molecule has 1 aliphatic heterocycles. The Kier molecular flexibility index (Phi) is 4.42. The van der Waals surface area contributed by atoms with Crippen LogP contribution in [0.1, 0.15) is 12.0 Å². The highest BCUT2D eigenvalue weighted by atomic mass is 32.2. The van der Waals surface area contributed by atoms with Crippen LogP contribution in [0.3, 0.4) is 0 Å². The van der Waals surface area contributed by atoms with Crippen molar-refractivity contribution in [3.63, 3.8) is 0 Å². The van der Waals surface area contributed by atoms with E-state index >= 15 is 0 Å². The molecular formula is C12H13F3N2O2S. The van der Waals surface area contributed by atoms with Crippen LogP contribution in [0, 0.1) is 16.0 Å². The Morgan fingerprint density at radius 1 is 1.45 bits per heavy atom. The topological polar surface area (TPSA) is 55.2 Å². The van der Waals surface area contributed by atoms with Gasteiger partial charge in [0.05, 0.1) is 10.5 Å². The smallest absolute Gasteiger partial charge is 0.379 e. The second-order valence-corrected chi connectivity index (χ2v) is 5.75. The monoisotopic (exact) mass is 306 g/mol. The summed E-state index contributed by atoms with van der Waals surface area (Å²) in [6.45, 7) is 0.541. The summed E-state index contributed by atoms with van der Waals surface area (Å²) in [6.07, 6.45) is -3.56. The van der Waals surface area contributed by atoms with Crippen LogP contribution in [0.4, 0.5) is 24.5 Å². The fourth-order valence-corrected chi connectivity index (χ4v) is 3.29. The molecule has 1 atom stereocenters. The molecular weight excluding hydrogens is 293 g/mol. The first kappa shape index (κ1) is 15.0. The van der Waals surface area contributed by atoms with Crippen molar-refractivity contribution in [1.29, 1.82) is 0 Å². The summed E-state index contributed by atoms with van der Waals surface area (Å²) in [4.78, 5) is 10.1. The van der Waals surface area contributed by atoms with Crippen molar-refractivity contribution in [1.82, 2.24) is 0 Å². The fourth-order valence-electron chi connectivity index (χ4n) is 2.01. The lowest BCUT2D eigenvalue weighted by Gasteiger charge is -2.13. The summed E-state index contributed by atoms with van der Waals surface area (Å²) in [5, 5.41) is 13.8. The molecule has 1 aromatic rings. The van der Waals surface area contributed by atoms with E-state index < -0.39 is 22.4 Å². The van der Waals surface area contributed by atoms with Crippen LogP contribution in [0.2, 0.25) is 0 Å². The number of hydrogen-bond acceptors (Lipinski definition) is 4. The second kappa shape index (κ2) is 5.90. The molecule has 20 heavy (non-hydrogen) atoms. The van der Waals surface area contributed by atoms with Gasteiger partial charge in [0.25, 0.3) is 5.69 Å². The van der Waals surface area contributed by atoms with Crippen molar-refractivity contribution in [3.05, 3.63) is 33.9 Å². The molecule has 1 aromatic carbocycles. The number of anilines is 1. The summed E-state index contributed by atoms with van der Waals surface area (Å²) < 4.78 is 37.6. The zero-order chi connectivity index (χ0) is 14.8. The number of rotatable bonds is 4. The number of nitrogens with zero attached hydrogens (tertiary/aromatic N) is 1. The predicted molar refractivity (Wildman–Crippen MR) is 72.0 cm³/mol. The maximum Gasteiger partial charge on any atom is 0.416 e. The van der Waals surface area contributed by atoms with Gasteiger partial charge in [0.1, 0.15) is 5.69 Å². The molecule has 1 N–H and O–H groups in total. The zero-order valence-electron chi connectivity index (χ0n) is 10.4. The standard InChI is InChI=1S/C12H13F3N2O2S/c13-12(14,15)9-1-2-10(11(5-9)17(18)19)16-6-8-3-4-20-7-8/h1-2,5,8,16H,3-4,6-7H2. The van der Waals surface area contributed by atoms with E-state index in [4.69, 9.17) is 0 Å². The van der Waals surface area contributed by atoms with Crippen LogP contribution in [0.5, 0.6) is 0 Å². The summed E-state index contributed by atoms with van der Waals surface area (Å²) in [6, 6.07) is 2.56. The minimum Gasteiger partial charge on any atom is -0.379 e. The van der Waals surface area contributed by atoms with Gasteiger partial charge in [-0.1, -0.05) is 0 Å². The molecule has 0 amide bonds. The Morgan fingerprint density at radius 2 is 2.20 bits per heavy atom. The van der Waals surface area contributed by atoms with Crippen molar-refractivity contribution < 1.29 is 18.1 Å². The number of nitro benzene ring substituents is 1. The average molecular weight is 306 g/mol. The van der Waals surface area contributed by atoms with Crippen molar-refractivity contribution in [3.8, 4) is 0 Å². The molecule has 0 aliphatic carbocycles. The highest BCUT2D eigenvalue weighted by molar-refractivity contribution is 7.99. The van der Waals surface area contributed by atoms with Crippen LogP contribution in [-0.2, 0) is 6.18 Å². The van der Waals surface area contributed by atoms with Crippen molar-refractivity contribution in [2.24, 2.45) is 5.92 Å². The van der Waals surface area contributed by atoms with Gasteiger partial charge in [-0.15, -0.1) is 0 Å². The number of nitro groups is 1. The van der Waals surface area contributed by atoms with Crippen molar-refractivity contribution in [2.45, 2.75) is 12.6 Å². The van der Waals surface area contributed by atoms with Crippen LogP contribution in [-0.4, -0.2) is 23.0 Å². The van der Waals surface area contributed by atoms with E-state index in [2.05, 4.69) is 5.32 Å². The molecule has 1 unspecified atom stereocenters. The van der Waals surface area contributed by atoms with Crippen LogP contribution < -0.4 is 5.32 Å². The van der Waals surface area contributed by atoms with Gasteiger partial charge in [0, 0.05) is 12.6 Å². The molecule has 0 aromatic heterocycles. The van der Waals surface area contributed by atoms with Crippen LogP contribution in [0.25, 0.3) is 0 Å². The van der Waals surface area contributed by atoms with Gasteiger partial charge in [-0.3, -0.25) is 10.1 Å². The highest BCUT2D eigenvalue weighted by Gasteiger charge is 2.33. The molecule has 8 heteroatoms. The molecule has 110 valence electrons. The summed E-state index contributed by atoms with van der Waals surface area (Å²) >= 11 is 1.81. The van der Waals surface area contributed by atoms with Gasteiger partial charge >= 0.3 is 6.18 Å². The van der Waals surface area contributed by atoms with Crippen molar-refractivity contribution in [2.75, 3.05) is 23.4 Å². The van der Waals surface area contributed by atoms with Gasteiger partial charge in [0.2, 0.25) is 0 Å². The molecule has 2 rings (SSSR count). The lowest BCUT2D eigenvalue weighted by Crippen LogP contribution is -2.15. The normalized spacial score (nSPS) is 19.1. The number of hydrogen-bond donors (Lipinski definition) is 1. The Balaban J connectivity index is 2.17. The average Bonchev–Trinajstić information content (AvgIpc) is 2.88. The Bertz CT molecular complexity index is 502. The molecule has 1 saturated heterocycles. The van der Waals surface area contributed by atoms with Gasteiger partial charge in [-0.2, -0.15) is 24.9 Å². The molecule has 1 fully saturated rings. The van der Waals surface area contributed by atoms with E-state index in [9.17, 15) is 23.3 Å². The molecule has 0 radical (unpaired) electrons. The Morgan fingerprint density at radius 3 is 2.75 bits per heavy atom. The lowest BCUT2D eigenvalue weighted by molar-refractivity contribution is -0.384. The number of nitrogens with one attached hydrogen (secondary N) is 1. The van der Waals surface area contributed by atoms with Gasteiger partial charge in [-0.05, 0) is 36.0 Å². The number of thioether (sulfide) groups is 1. The van der Waals surface area contributed by atoms with E-state index in [0.29, 0.717) is 18.5 Å². The van der Waals surface area contributed by atoms with E-state index in [0.717, 1.165) is 30.1 Å². The quantitative estimate of drug-likeness (QED) is 0.679. The third-order valence-electron chi connectivity index (χ3n) is 3.13. The summed E-state index contributed by atoms with van der Waals surface area (Å²) in [7, 11) is 0. The minimum atomic E-state index is -4.58. The first-order valence-corrected chi connectivity index (χ1v) is 7.20. The third kappa shape index (κ3) is 3.56. The number of alkyl halides is 3. The van der Waals surface area contributed by atoms with Gasteiger partial charge in [-0.25, -0.2) is 0 Å². The molecule has 1 aliphatic rings. The van der Waals surface area contributed by atoms with Gasteiger partial charge in [0.15, 0.2) is 0 Å².